The van der Waals surface area contributed by atoms with Crippen LogP contribution in [-0.4, -0.2) is 15.0 Å². The largest absolute Gasteiger partial charge is 0.381 e. The van der Waals surface area contributed by atoms with Crippen molar-refractivity contribution in [1.82, 2.24) is 15.0 Å². The van der Waals surface area contributed by atoms with Crippen LogP contribution in [-0.2, 0) is 0 Å². The second kappa shape index (κ2) is 4.74. The summed E-state index contributed by atoms with van der Waals surface area (Å²) in [7, 11) is 0. The highest BCUT2D eigenvalue weighted by atomic mass is 15.4. The highest BCUT2D eigenvalue weighted by Gasteiger charge is 2.31. The summed E-state index contributed by atoms with van der Waals surface area (Å²) in [4.78, 5) is 0. The summed E-state index contributed by atoms with van der Waals surface area (Å²) in [5, 5.41) is 8.22. The van der Waals surface area contributed by atoms with Gasteiger partial charge in [0.15, 0.2) is 5.82 Å². The highest BCUT2D eigenvalue weighted by Crippen LogP contribution is 2.42. The Bertz CT molecular complexity index is 755. The van der Waals surface area contributed by atoms with E-state index in [1.165, 1.54) is 24.0 Å². The van der Waals surface area contributed by atoms with E-state index in [4.69, 9.17) is 5.73 Å². The fourth-order valence-corrected chi connectivity index (χ4v) is 2.66. The molecule has 4 heteroatoms. The van der Waals surface area contributed by atoms with Gasteiger partial charge in [0.1, 0.15) is 0 Å². The van der Waals surface area contributed by atoms with E-state index in [0.29, 0.717) is 11.7 Å². The fraction of sp³-hybridized carbons (Fsp3) is 0.176. The van der Waals surface area contributed by atoms with E-state index >= 15 is 0 Å². The minimum absolute atomic E-state index is 0.522. The molecule has 1 heterocycles. The molecule has 1 aliphatic carbocycles. The molecule has 2 aromatic carbocycles. The minimum Gasteiger partial charge on any atom is -0.381 e. The van der Waals surface area contributed by atoms with E-state index in [1.54, 1.807) is 0 Å². The molecule has 0 amide bonds. The van der Waals surface area contributed by atoms with Crippen molar-refractivity contribution in [2.24, 2.45) is 0 Å². The Morgan fingerprint density at radius 2 is 1.57 bits per heavy atom. The van der Waals surface area contributed by atoms with Gasteiger partial charge in [-0.3, -0.25) is 0 Å². The van der Waals surface area contributed by atoms with Gasteiger partial charge in [-0.15, -0.1) is 5.10 Å². The Balaban J connectivity index is 1.71. The number of nitrogen functional groups attached to an aromatic ring is 1. The smallest absolute Gasteiger partial charge is 0.169 e. The van der Waals surface area contributed by atoms with E-state index in [9.17, 15) is 0 Å². The van der Waals surface area contributed by atoms with Crippen molar-refractivity contribution in [3.05, 3.63) is 60.3 Å². The molecule has 3 aromatic rings. The number of nitrogens with zero attached hydrogens (tertiary/aromatic N) is 3. The van der Waals surface area contributed by atoms with Crippen LogP contribution in [0.2, 0.25) is 0 Å². The number of benzene rings is 2. The molecule has 0 unspecified atom stereocenters. The third kappa shape index (κ3) is 2.18. The molecule has 2 N–H and O–H groups in total. The van der Waals surface area contributed by atoms with Gasteiger partial charge >= 0.3 is 0 Å². The summed E-state index contributed by atoms with van der Waals surface area (Å²) >= 11 is 0. The van der Waals surface area contributed by atoms with Crippen molar-refractivity contribution >= 4 is 5.82 Å². The lowest BCUT2D eigenvalue weighted by atomic mass is 10.1. The second-order valence-corrected chi connectivity index (χ2v) is 5.46. The van der Waals surface area contributed by atoms with Crippen molar-refractivity contribution in [1.29, 1.82) is 0 Å². The van der Waals surface area contributed by atoms with E-state index in [-0.39, 0.29) is 0 Å². The first-order valence-electron chi connectivity index (χ1n) is 7.20. The third-order valence-electron chi connectivity index (χ3n) is 3.92. The summed E-state index contributed by atoms with van der Waals surface area (Å²) in [6, 6.07) is 18.7. The van der Waals surface area contributed by atoms with Crippen LogP contribution in [0.5, 0.6) is 0 Å². The molecule has 4 nitrogen and oxygen atoms in total. The van der Waals surface area contributed by atoms with Gasteiger partial charge in [0, 0.05) is 5.92 Å². The van der Waals surface area contributed by atoms with Crippen molar-refractivity contribution in [2.45, 2.75) is 18.8 Å². The van der Waals surface area contributed by atoms with Gasteiger partial charge in [-0.05, 0) is 36.1 Å². The molecule has 0 spiro atoms. The zero-order valence-electron chi connectivity index (χ0n) is 11.6. The first kappa shape index (κ1) is 12.1. The summed E-state index contributed by atoms with van der Waals surface area (Å²) in [5.74, 6) is 1.08. The number of aromatic nitrogens is 3. The van der Waals surface area contributed by atoms with Gasteiger partial charge in [-0.25, -0.2) is 4.68 Å². The molecule has 4 rings (SSSR count). The van der Waals surface area contributed by atoms with Crippen molar-refractivity contribution in [3.63, 3.8) is 0 Å². The van der Waals surface area contributed by atoms with Gasteiger partial charge in [-0.1, -0.05) is 47.7 Å². The van der Waals surface area contributed by atoms with Gasteiger partial charge in [-0.2, -0.15) is 0 Å². The zero-order valence-corrected chi connectivity index (χ0v) is 11.6. The van der Waals surface area contributed by atoms with Crippen molar-refractivity contribution in [3.8, 4) is 16.8 Å². The Hall–Kier alpha value is -2.62. The Morgan fingerprint density at radius 1 is 0.905 bits per heavy atom. The minimum atomic E-state index is 0.522. The number of nitrogens with two attached hydrogens (primary N) is 1. The maximum Gasteiger partial charge on any atom is 0.169 e. The molecular weight excluding hydrogens is 260 g/mol. The summed E-state index contributed by atoms with van der Waals surface area (Å²) in [6.07, 6.45) is 2.36. The maximum absolute atomic E-state index is 5.95. The third-order valence-corrected chi connectivity index (χ3v) is 3.92. The second-order valence-electron chi connectivity index (χ2n) is 5.46. The molecular formula is C17H16N4. The van der Waals surface area contributed by atoms with Crippen molar-refractivity contribution < 1.29 is 0 Å². The summed E-state index contributed by atoms with van der Waals surface area (Å²) in [6.45, 7) is 0. The van der Waals surface area contributed by atoms with Gasteiger partial charge in [0.2, 0.25) is 0 Å². The molecule has 1 fully saturated rings. The lowest BCUT2D eigenvalue weighted by Crippen LogP contribution is -2.02. The lowest BCUT2D eigenvalue weighted by Gasteiger charge is -2.07. The van der Waals surface area contributed by atoms with Crippen LogP contribution in [0.15, 0.2) is 54.6 Å². The fourth-order valence-electron chi connectivity index (χ4n) is 2.66. The zero-order chi connectivity index (χ0) is 14.2. The normalized spacial score (nSPS) is 14.3. The quantitative estimate of drug-likeness (QED) is 0.797. The highest BCUT2D eigenvalue weighted by molar-refractivity contribution is 5.64. The maximum atomic E-state index is 5.95. The summed E-state index contributed by atoms with van der Waals surface area (Å²) in [5.41, 5.74) is 10.4. The molecule has 104 valence electrons. The number of rotatable bonds is 3. The van der Waals surface area contributed by atoms with Crippen LogP contribution in [0.25, 0.3) is 16.8 Å². The first-order chi connectivity index (χ1) is 10.3. The Labute approximate surface area is 123 Å². The molecule has 21 heavy (non-hydrogen) atoms. The van der Waals surface area contributed by atoms with Gasteiger partial charge in [0.05, 0.1) is 11.4 Å². The predicted molar refractivity (Wildman–Crippen MR) is 83.2 cm³/mol. The molecule has 0 bridgehead atoms. The van der Waals surface area contributed by atoms with Crippen LogP contribution in [0.3, 0.4) is 0 Å². The molecule has 0 aliphatic heterocycles. The summed E-state index contributed by atoms with van der Waals surface area (Å²) < 4.78 is 1.88. The van der Waals surface area contributed by atoms with Crippen LogP contribution in [0.1, 0.15) is 24.5 Å². The number of anilines is 1. The standard InChI is InChI=1S/C17H16N4/c18-17-16(14-6-7-14)21(20-19-17)15-10-8-13(9-11-15)12-4-2-1-3-5-12/h1-5,8-11,14H,6-7,18H2. The molecule has 1 aromatic heterocycles. The van der Waals surface area contributed by atoms with Crippen LogP contribution >= 0.6 is 0 Å². The average molecular weight is 276 g/mol. The molecule has 0 radical (unpaired) electrons. The van der Waals surface area contributed by atoms with E-state index in [0.717, 1.165) is 11.4 Å². The molecule has 0 saturated heterocycles. The van der Waals surface area contributed by atoms with Gasteiger partial charge in [0.25, 0.3) is 0 Å². The van der Waals surface area contributed by atoms with E-state index < -0.39 is 0 Å². The van der Waals surface area contributed by atoms with Crippen molar-refractivity contribution in [2.75, 3.05) is 5.73 Å². The van der Waals surface area contributed by atoms with Gasteiger partial charge < -0.3 is 5.73 Å². The monoisotopic (exact) mass is 276 g/mol. The topological polar surface area (TPSA) is 56.7 Å². The first-order valence-corrected chi connectivity index (χ1v) is 7.20. The van der Waals surface area contributed by atoms with E-state index in [2.05, 4.69) is 46.7 Å². The SMILES string of the molecule is Nc1nnn(-c2ccc(-c3ccccc3)cc2)c1C1CC1. The van der Waals surface area contributed by atoms with Crippen LogP contribution in [0, 0.1) is 0 Å². The average Bonchev–Trinajstić information content (AvgIpc) is 3.31. The lowest BCUT2D eigenvalue weighted by molar-refractivity contribution is 0.764. The Morgan fingerprint density at radius 3 is 2.24 bits per heavy atom. The molecule has 0 atom stereocenters. The number of hydrogen-bond acceptors (Lipinski definition) is 3. The predicted octanol–water partition coefficient (Wildman–Crippen LogP) is 3.39. The molecule has 1 saturated carbocycles. The Kier molecular flexibility index (Phi) is 2.74. The van der Waals surface area contributed by atoms with Crippen LogP contribution < -0.4 is 5.73 Å². The van der Waals surface area contributed by atoms with E-state index in [1.807, 2.05) is 22.9 Å². The molecule has 1 aliphatic rings. The van der Waals surface area contributed by atoms with Crippen LogP contribution in [0.4, 0.5) is 5.82 Å². The number of hydrogen-bond donors (Lipinski definition) is 1.